The van der Waals surface area contributed by atoms with Gasteiger partial charge in [0.15, 0.2) is 0 Å². The van der Waals surface area contributed by atoms with Crippen molar-refractivity contribution in [2.24, 2.45) is 0 Å². The molecule has 0 aliphatic heterocycles. The zero-order valence-corrected chi connectivity index (χ0v) is 17.0. The third kappa shape index (κ3) is 4.95. The van der Waals surface area contributed by atoms with Crippen molar-refractivity contribution >= 4 is 12.7 Å². The van der Waals surface area contributed by atoms with Crippen LogP contribution in [0.1, 0.15) is 38.9 Å². The van der Waals surface area contributed by atoms with Gasteiger partial charge in [-0.2, -0.15) is 0 Å². The van der Waals surface area contributed by atoms with Crippen molar-refractivity contribution in [2.45, 2.75) is 27.6 Å². The van der Waals surface area contributed by atoms with Gasteiger partial charge >= 0.3 is 0 Å². The zero-order chi connectivity index (χ0) is 21.0. The first-order valence-electron chi connectivity index (χ1n) is 9.37. The van der Waals surface area contributed by atoms with Crippen molar-refractivity contribution < 1.29 is 8.78 Å². The average molecular weight is 381 g/mol. The molecule has 141 valence electrons. The van der Waals surface area contributed by atoms with Crippen LogP contribution < -0.4 is 5.46 Å². The molecule has 0 unspecified atom stereocenters. The summed E-state index contributed by atoms with van der Waals surface area (Å²) in [6.45, 7) is 7.94. The van der Waals surface area contributed by atoms with Crippen LogP contribution in [0.25, 0.3) is 0 Å². The van der Waals surface area contributed by atoms with Gasteiger partial charge in [0, 0.05) is 16.7 Å². The van der Waals surface area contributed by atoms with Crippen molar-refractivity contribution in [2.75, 3.05) is 0 Å². The molecule has 0 fully saturated rings. The number of rotatable bonds is 1. The summed E-state index contributed by atoms with van der Waals surface area (Å²) in [6.07, 6.45) is 0. The number of hydrogen-bond donors (Lipinski definition) is 0. The molecular formula is C26H20BF2. The van der Waals surface area contributed by atoms with E-state index in [0.717, 1.165) is 27.7 Å². The van der Waals surface area contributed by atoms with Gasteiger partial charge < -0.3 is 0 Å². The monoisotopic (exact) mass is 381 g/mol. The molecule has 0 atom stereocenters. The molecule has 0 amide bonds. The maximum Gasteiger partial charge on any atom is 0.148 e. The van der Waals surface area contributed by atoms with Gasteiger partial charge in [-0.25, -0.2) is 8.78 Å². The summed E-state index contributed by atoms with van der Waals surface area (Å²) in [7, 11) is 2.04. The van der Waals surface area contributed by atoms with Crippen LogP contribution in [-0.2, 0) is 0 Å². The van der Waals surface area contributed by atoms with Crippen LogP contribution in [0.5, 0.6) is 0 Å². The first kappa shape index (κ1) is 20.4. The molecule has 0 heterocycles. The maximum absolute atomic E-state index is 14.4. The lowest BCUT2D eigenvalue weighted by Crippen LogP contribution is -2.15. The molecule has 3 aromatic rings. The van der Waals surface area contributed by atoms with Crippen molar-refractivity contribution in [1.29, 1.82) is 0 Å². The van der Waals surface area contributed by atoms with E-state index in [2.05, 4.69) is 29.7 Å². The van der Waals surface area contributed by atoms with Crippen molar-refractivity contribution in [3.63, 3.8) is 0 Å². The molecule has 0 bridgehead atoms. The molecule has 3 heteroatoms. The predicted molar refractivity (Wildman–Crippen MR) is 117 cm³/mol. The lowest BCUT2D eigenvalue weighted by molar-refractivity contribution is 0.577. The summed E-state index contributed by atoms with van der Waals surface area (Å²) in [6, 6.07) is 14.0. The van der Waals surface area contributed by atoms with E-state index >= 15 is 0 Å². The van der Waals surface area contributed by atoms with E-state index in [-0.39, 0.29) is 11.1 Å². The topological polar surface area (TPSA) is 0 Å². The summed E-state index contributed by atoms with van der Waals surface area (Å²) >= 11 is 0. The molecular weight excluding hydrogens is 361 g/mol. The Morgan fingerprint density at radius 3 is 1.93 bits per heavy atom. The largest absolute Gasteiger partial charge is 0.205 e. The van der Waals surface area contributed by atoms with Gasteiger partial charge in [-0.3, -0.25) is 0 Å². The third-order valence-electron chi connectivity index (χ3n) is 4.69. The summed E-state index contributed by atoms with van der Waals surface area (Å²) in [5.74, 6) is 9.87. The molecule has 3 rings (SSSR count). The van der Waals surface area contributed by atoms with Gasteiger partial charge in [-0.1, -0.05) is 65.3 Å². The fourth-order valence-corrected chi connectivity index (χ4v) is 2.96. The number of benzene rings is 3. The minimum atomic E-state index is -0.710. The molecule has 0 nitrogen and oxygen atoms in total. The Bertz CT molecular complexity index is 1160. The van der Waals surface area contributed by atoms with Crippen LogP contribution >= 0.6 is 0 Å². The highest BCUT2D eigenvalue weighted by Crippen LogP contribution is 2.15. The van der Waals surface area contributed by atoms with Crippen LogP contribution in [0.3, 0.4) is 0 Å². The Morgan fingerprint density at radius 1 is 0.690 bits per heavy atom. The van der Waals surface area contributed by atoms with Gasteiger partial charge in [0.05, 0.1) is 5.56 Å². The minimum Gasteiger partial charge on any atom is -0.205 e. The van der Waals surface area contributed by atoms with E-state index in [1.807, 2.05) is 65.2 Å². The van der Waals surface area contributed by atoms with Gasteiger partial charge in [-0.05, 0) is 56.7 Å². The molecule has 0 spiro atoms. The van der Waals surface area contributed by atoms with Crippen LogP contribution in [0.2, 0.25) is 6.82 Å². The van der Waals surface area contributed by atoms with E-state index in [1.165, 1.54) is 12.1 Å². The standard InChI is InChI=1S/C26H20BF2/c1-17-5-7-20(8-6-17)10-12-23-25(28)15-21(16-26(23)29)9-11-22-13-19(3)24(27-4)14-18(22)2/h5-8,13-16H,1-4H3. The first-order chi connectivity index (χ1) is 13.9. The Kier molecular flexibility index (Phi) is 6.21. The second kappa shape index (κ2) is 8.81. The Labute approximate surface area is 172 Å². The van der Waals surface area contributed by atoms with Crippen LogP contribution in [0.4, 0.5) is 8.78 Å². The fraction of sp³-hybridized carbons (Fsp3) is 0.154. The Hall–Kier alpha value is -3.30. The Morgan fingerprint density at radius 2 is 1.31 bits per heavy atom. The van der Waals surface area contributed by atoms with Gasteiger partial charge in [-0.15, -0.1) is 0 Å². The van der Waals surface area contributed by atoms with Crippen molar-refractivity contribution in [1.82, 2.24) is 0 Å². The summed E-state index contributed by atoms with van der Waals surface area (Å²) in [4.78, 5) is 0. The van der Waals surface area contributed by atoms with Gasteiger partial charge in [0.25, 0.3) is 0 Å². The fourth-order valence-electron chi connectivity index (χ4n) is 2.96. The first-order valence-corrected chi connectivity index (χ1v) is 9.37. The highest BCUT2D eigenvalue weighted by atomic mass is 19.1. The minimum absolute atomic E-state index is 0.244. The summed E-state index contributed by atoms with van der Waals surface area (Å²) in [5.41, 5.74) is 5.98. The Balaban J connectivity index is 1.91. The summed E-state index contributed by atoms with van der Waals surface area (Å²) in [5, 5.41) is 0. The smallest absolute Gasteiger partial charge is 0.148 e. The molecule has 0 aromatic heterocycles. The van der Waals surface area contributed by atoms with E-state index < -0.39 is 11.6 Å². The third-order valence-corrected chi connectivity index (χ3v) is 4.69. The highest BCUT2D eigenvalue weighted by molar-refractivity contribution is 6.52. The van der Waals surface area contributed by atoms with Crippen molar-refractivity contribution in [3.05, 3.63) is 99.1 Å². The van der Waals surface area contributed by atoms with Gasteiger partial charge in [0.2, 0.25) is 0 Å². The van der Waals surface area contributed by atoms with Gasteiger partial charge in [0.1, 0.15) is 18.9 Å². The van der Waals surface area contributed by atoms with E-state index in [9.17, 15) is 8.78 Å². The quantitative estimate of drug-likeness (QED) is 0.408. The van der Waals surface area contributed by atoms with Crippen LogP contribution in [0, 0.1) is 56.1 Å². The average Bonchev–Trinajstić information content (AvgIpc) is 2.69. The molecule has 0 saturated carbocycles. The van der Waals surface area contributed by atoms with Crippen molar-refractivity contribution in [3.8, 4) is 23.7 Å². The molecule has 29 heavy (non-hydrogen) atoms. The lowest BCUT2D eigenvalue weighted by atomic mass is 9.70. The normalized spacial score (nSPS) is 9.86. The molecule has 0 saturated heterocycles. The SMILES string of the molecule is C[B]c1cc(C)c(C#Cc2cc(F)c(C#Cc3ccc(C)cc3)c(F)c2)cc1C. The molecule has 0 aliphatic rings. The second-order valence-electron chi connectivity index (χ2n) is 6.99. The molecule has 3 aromatic carbocycles. The number of halogens is 2. The second-order valence-corrected chi connectivity index (χ2v) is 6.99. The molecule has 0 N–H and O–H groups in total. The van der Waals surface area contributed by atoms with Crippen LogP contribution in [-0.4, -0.2) is 7.28 Å². The molecule has 0 aliphatic carbocycles. The van der Waals surface area contributed by atoms with E-state index in [0.29, 0.717) is 5.56 Å². The molecule has 1 radical (unpaired) electrons. The van der Waals surface area contributed by atoms with E-state index in [1.54, 1.807) is 0 Å². The zero-order valence-electron chi connectivity index (χ0n) is 17.0. The number of hydrogen-bond acceptors (Lipinski definition) is 0. The number of aryl methyl sites for hydroxylation is 3. The summed E-state index contributed by atoms with van der Waals surface area (Å²) < 4.78 is 28.9. The van der Waals surface area contributed by atoms with E-state index in [4.69, 9.17) is 0 Å². The van der Waals surface area contributed by atoms with Crippen LogP contribution in [0.15, 0.2) is 48.5 Å². The lowest BCUT2D eigenvalue weighted by Gasteiger charge is -2.06. The maximum atomic E-state index is 14.4. The highest BCUT2D eigenvalue weighted by Gasteiger charge is 2.08. The predicted octanol–water partition coefficient (Wildman–Crippen LogP) is 5.07.